The fourth-order valence-electron chi connectivity index (χ4n) is 1.98. The first-order chi connectivity index (χ1) is 8.78. The maximum Gasteiger partial charge on any atom is 0.139 e. The van der Waals surface area contributed by atoms with E-state index < -0.39 is 0 Å². The van der Waals surface area contributed by atoms with Crippen LogP contribution in [0.3, 0.4) is 0 Å². The molecule has 0 aliphatic carbocycles. The zero-order valence-electron chi connectivity index (χ0n) is 9.52. The Morgan fingerprint density at radius 2 is 1.78 bits per heavy atom. The van der Waals surface area contributed by atoms with Crippen LogP contribution in [0.4, 0.5) is 0 Å². The number of aliphatic hydroxyl groups is 1. The van der Waals surface area contributed by atoms with Crippen LogP contribution in [0.1, 0.15) is 0 Å². The summed E-state index contributed by atoms with van der Waals surface area (Å²) in [6.07, 6.45) is 0. The van der Waals surface area contributed by atoms with Crippen LogP contribution in [0.15, 0.2) is 40.8 Å². The molecule has 3 aromatic rings. The summed E-state index contributed by atoms with van der Waals surface area (Å²) < 4.78 is 11.1. The van der Waals surface area contributed by atoms with Gasteiger partial charge in [-0.1, -0.05) is 11.6 Å². The number of hydrogen-bond acceptors (Lipinski definition) is 3. The molecule has 0 spiro atoms. The van der Waals surface area contributed by atoms with Crippen molar-refractivity contribution >= 4 is 33.5 Å². The lowest BCUT2D eigenvalue weighted by Crippen LogP contribution is -2.01. The van der Waals surface area contributed by atoms with Gasteiger partial charge in [-0.25, -0.2) is 0 Å². The quantitative estimate of drug-likeness (QED) is 0.784. The van der Waals surface area contributed by atoms with Gasteiger partial charge >= 0.3 is 0 Å². The molecule has 18 heavy (non-hydrogen) atoms. The van der Waals surface area contributed by atoms with Crippen molar-refractivity contribution in [1.29, 1.82) is 0 Å². The zero-order valence-corrected chi connectivity index (χ0v) is 10.3. The van der Waals surface area contributed by atoms with Gasteiger partial charge in [0.25, 0.3) is 0 Å². The lowest BCUT2D eigenvalue weighted by atomic mass is 10.1. The SMILES string of the molecule is OCCOc1ccc2c(c1)oc1cc(Cl)ccc12. The minimum atomic E-state index is -0.00618. The van der Waals surface area contributed by atoms with Crippen molar-refractivity contribution in [1.82, 2.24) is 0 Å². The highest BCUT2D eigenvalue weighted by atomic mass is 35.5. The number of hydrogen-bond donors (Lipinski definition) is 1. The van der Waals surface area contributed by atoms with E-state index in [-0.39, 0.29) is 13.2 Å². The van der Waals surface area contributed by atoms with Gasteiger partial charge in [-0.2, -0.15) is 0 Å². The second-order valence-electron chi connectivity index (χ2n) is 3.97. The van der Waals surface area contributed by atoms with Crippen LogP contribution in [0.2, 0.25) is 5.02 Å². The van der Waals surface area contributed by atoms with Crippen LogP contribution in [-0.4, -0.2) is 18.3 Å². The molecule has 0 radical (unpaired) electrons. The van der Waals surface area contributed by atoms with E-state index in [9.17, 15) is 0 Å². The second-order valence-corrected chi connectivity index (χ2v) is 4.41. The average molecular weight is 263 g/mol. The Balaban J connectivity index is 2.14. The molecule has 0 aliphatic rings. The van der Waals surface area contributed by atoms with Crippen molar-refractivity contribution in [2.24, 2.45) is 0 Å². The van der Waals surface area contributed by atoms with E-state index in [0.717, 1.165) is 21.9 Å². The molecule has 1 heterocycles. The Morgan fingerprint density at radius 3 is 2.56 bits per heavy atom. The largest absolute Gasteiger partial charge is 0.491 e. The van der Waals surface area contributed by atoms with Gasteiger partial charge in [-0.15, -0.1) is 0 Å². The molecule has 0 fully saturated rings. The maximum atomic E-state index is 8.72. The van der Waals surface area contributed by atoms with E-state index in [2.05, 4.69) is 0 Å². The van der Waals surface area contributed by atoms with Crippen LogP contribution >= 0.6 is 11.6 Å². The maximum absolute atomic E-state index is 8.72. The van der Waals surface area contributed by atoms with Crippen molar-refractivity contribution < 1.29 is 14.3 Å². The number of halogens is 1. The van der Waals surface area contributed by atoms with Crippen LogP contribution in [0.5, 0.6) is 5.75 Å². The van der Waals surface area contributed by atoms with E-state index in [0.29, 0.717) is 10.8 Å². The number of furan rings is 1. The minimum Gasteiger partial charge on any atom is -0.491 e. The molecular formula is C14H11ClO3. The van der Waals surface area contributed by atoms with Crippen molar-refractivity contribution in [2.45, 2.75) is 0 Å². The number of aliphatic hydroxyl groups excluding tert-OH is 1. The van der Waals surface area contributed by atoms with Gasteiger partial charge in [0.15, 0.2) is 0 Å². The van der Waals surface area contributed by atoms with Crippen LogP contribution in [0, 0.1) is 0 Å². The third-order valence-corrected chi connectivity index (χ3v) is 3.00. The van der Waals surface area contributed by atoms with E-state index in [1.165, 1.54) is 0 Å². The fraction of sp³-hybridized carbons (Fsp3) is 0.143. The Hall–Kier alpha value is -1.71. The third kappa shape index (κ3) is 1.92. The van der Waals surface area contributed by atoms with Gasteiger partial charge in [0.2, 0.25) is 0 Å². The predicted molar refractivity (Wildman–Crippen MR) is 71.3 cm³/mol. The highest BCUT2D eigenvalue weighted by Crippen LogP contribution is 2.32. The molecule has 1 N–H and O–H groups in total. The van der Waals surface area contributed by atoms with Crippen molar-refractivity contribution in [3.63, 3.8) is 0 Å². The molecule has 2 aromatic carbocycles. The molecule has 3 nitrogen and oxygen atoms in total. The first kappa shape index (κ1) is 11.4. The monoisotopic (exact) mass is 262 g/mol. The first-order valence-corrected chi connectivity index (χ1v) is 6.01. The number of benzene rings is 2. The fourth-order valence-corrected chi connectivity index (χ4v) is 2.15. The molecule has 0 unspecified atom stereocenters. The molecule has 3 rings (SSSR count). The third-order valence-electron chi connectivity index (χ3n) is 2.77. The molecule has 0 amide bonds. The van der Waals surface area contributed by atoms with E-state index in [4.69, 9.17) is 25.9 Å². The highest BCUT2D eigenvalue weighted by molar-refractivity contribution is 6.31. The Kier molecular flexibility index (Phi) is 2.86. The predicted octanol–water partition coefficient (Wildman–Crippen LogP) is 3.61. The lowest BCUT2D eigenvalue weighted by molar-refractivity contribution is 0.201. The topological polar surface area (TPSA) is 42.6 Å². The van der Waals surface area contributed by atoms with E-state index >= 15 is 0 Å². The smallest absolute Gasteiger partial charge is 0.139 e. The molecular weight excluding hydrogens is 252 g/mol. The molecule has 0 bridgehead atoms. The van der Waals surface area contributed by atoms with Crippen LogP contribution < -0.4 is 4.74 Å². The van der Waals surface area contributed by atoms with E-state index in [1.807, 2.05) is 30.3 Å². The second kappa shape index (κ2) is 4.52. The van der Waals surface area contributed by atoms with Gasteiger partial charge in [0, 0.05) is 27.9 Å². The van der Waals surface area contributed by atoms with Gasteiger partial charge in [-0.05, 0) is 24.3 Å². The summed E-state index contributed by atoms with van der Waals surface area (Å²) in [5.41, 5.74) is 1.51. The lowest BCUT2D eigenvalue weighted by Gasteiger charge is -2.02. The number of rotatable bonds is 3. The zero-order chi connectivity index (χ0) is 12.5. The Labute approximate surface area is 109 Å². The van der Waals surface area contributed by atoms with Gasteiger partial charge in [0.05, 0.1) is 6.61 Å². The summed E-state index contributed by atoms with van der Waals surface area (Å²) in [7, 11) is 0. The molecule has 0 aliphatic heterocycles. The van der Waals surface area contributed by atoms with Crippen LogP contribution in [0.25, 0.3) is 21.9 Å². The minimum absolute atomic E-state index is 0.00618. The van der Waals surface area contributed by atoms with Gasteiger partial charge < -0.3 is 14.3 Å². The molecule has 0 saturated heterocycles. The molecule has 92 valence electrons. The molecule has 0 saturated carbocycles. The summed E-state index contributed by atoms with van der Waals surface area (Å²) in [5.74, 6) is 0.682. The summed E-state index contributed by atoms with van der Waals surface area (Å²) in [4.78, 5) is 0. The number of fused-ring (bicyclic) bond motifs is 3. The Morgan fingerprint density at radius 1 is 1.06 bits per heavy atom. The highest BCUT2D eigenvalue weighted by Gasteiger charge is 2.08. The first-order valence-electron chi connectivity index (χ1n) is 5.63. The average Bonchev–Trinajstić information content (AvgIpc) is 2.72. The summed E-state index contributed by atoms with van der Waals surface area (Å²) in [6, 6.07) is 11.2. The molecule has 4 heteroatoms. The summed E-state index contributed by atoms with van der Waals surface area (Å²) in [6.45, 7) is 0.269. The standard InChI is InChI=1S/C14H11ClO3/c15-9-1-3-11-12-4-2-10(17-6-5-16)8-14(12)18-13(11)7-9/h1-4,7-8,16H,5-6H2. The Bertz CT molecular complexity index is 703. The summed E-state index contributed by atoms with van der Waals surface area (Å²) in [5, 5.41) is 11.4. The molecule has 1 aromatic heterocycles. The van der Waals surface area contributed by atoms with Gasteiger partial charge in [0.1, 0.15) is 23.5 Å². The van der Waals surface area contributed by atoms with Gasteiger partial charge in [-0.3, -0.25) is 0 Å². The van der Waals surface area contributed by atoms with Crippen molar-refractivity contribution in [3.05, 3.63) is 41.4 Å². The molecule has 0 atom stereocenters. The van der Waals surface area contributed by atoms with Crippen molar-refractivity contribution in [3.8, 4) is 5.75 Å². The number of ether oxygens (including phenoxy) is 1. The van der Waals surface area contributed by atoms with E-state index in [1.54, 1.807) is 6.07 Å². The normalized spacial score (nSPS) is 11.2. The van der Waals surface area contributed by atoms with Crippen molar-refractivity contribution in [2.75, 3.05) is 13.2 Å². The summed E-state index contributed by atoms with van der Waals surface area (Å²) >= 11 is 5.93. The van der Waals surface area contributed by atoms with Crippen LogP contribution in [-0.2, 0) is 0 Å².